The van der Waals surface area contributed by atoms with Crippen molar-refractivity contribution in [3.63, 3.8) is 0 Å². The smallest absolute Gasteiger partial charge is 0.337 e. The Labute approximate surface area is 138 Å². The number of aromatic nitrogens is 1. The van der Waals surface area contributed by atoms with Gasteiger partial charge in [0.15, 0.2) is 6.61 Å². The molecule has 1 aromatic carbocycles. The number of methoxy groups -OCH3 is 1. The van der Waals surface area contributed by atoms with Crippen LogP contribution in [0.15, 0.2) is 42.6 Å². The standard InChI is InChI=1S/C16H15ClN2O4/c1-22-16(21)11-6-7-18-13(8-11)9-19-15(20)10-23-14-4-2-12(17)3-5-14/h2-8H,9-10H2,1H3,(H,19,20). The minimum atomic E-state index is -0.453. The third kappa shape index (κ3) is 5.27. The highest BCUT2D eigenvalue weighted by atomic mass is 35.5. The molecule has 0 saturated carbocycles. The summed E-state index contributed by atoms with van der Waals surface area (Å²) in [6, 6.07) is 9.81. The van der Waals surface area contributed by atoms with E-state index in [4.69, 9.17) is 16.3 Å². The van der Waals surface area contributed by atoms with E-state index < -0.39 is 5.97 Å². The van der Waals surface area contributed by atoms with Gasteiger partial charge in [0.1, 0.15) is 5.75 Å². The predicted octanol–water partition coefficient (Wildman–Crippen LogP) is 2.22. The maximum atomic E-state index is 11.8. The average Bonchev–Trinajstić information content (AvgIpc) is 2.59. The molecular weight excluding hydrogens is 320 g/mol. The van der Waals surface area contributed by atoms with Crippen LogP contribution in [0.4, 0.5) is 0 Å². The van der Waals surface area contributed by atoms with Crippen molar-refractivity contribution in [3.8, 4) is 5.75 Å². The Morgan fingerprint density at radius 2 is 1.96 bits per heavy atom. The number of benzene rings is 1. The number of rotatable bonds is 6. The number of pyridine rings is 1. The fraction of sp³-hybridized carbons (Fsp3) is 0.188. The van der Waals surface area contributed by atoms with Gasteiger partial charge in [-0.15, -0.1) is 0 Å². The van der Waals surface area contributed by atoms with Gasteiger partial charge in [-0.25, -0.2) is 4.79 Å². The number of hydrogen-bond donors (Lipinski definition) is 1. The largest absolute Gasteiger partial charge is 0.484 e. The number of hydrogen-bond acceptors (Lipinski definition) is 5. The molecule has 0 radical (unpaired) electrons. The van der Waals surface area contributed by atoms with Crippen molar-refractivity contribution >= 4 is 23.5 Å². The molecule has 0 fully saturated rings. The van der Waals surface area contributed by atoms with Crippen molar-refractivity contribution in [2.45, 2.75) is 6.54 Å². The maximum Gasteiger partial charge on any atom is 0.337 e. The van der Waals surface area contributed by atoms with Crippen LogP contribution in [-0.2, 0) is 16.1 Å². The maximum absolute atomic E-state index is 11.8. The Morgan fingerprint density at radius 1 is 1.22 bits per heavy atom. The minimum Gasteiger partial charge on any atom is -0.484 e. The first-order chi connectivity index (χ1) is 11.1. The van der Waals surface area contributed by atoms with Crippen molar-refractivity contribution in [3.05, 3.63) is 58.9 Å². The van der Waals surface area contributed by atoms with Crippen LogP contribution in [0, 0.1) is 0 Å². The summed E-state index contributed by atoms with van der Waals surface area (Å²) in [4.78, 5) is 27.2. The van der Waals surface area contributed by atoms with E-state index in [-0.39, 0.29) is 19.1 Å². The Kier molecular flexibility index (Phi) is 5.94. The molecule has 0 bridgehead atoms. The molecule has 0 aliphatic heterocycles. The van der Waals surface area contributed by atoms with E-state index in [1.807, 2.05) is 0 Å². The van der Waals surface area contributed by atoms with Crippen LogP contribution < -0.4 is 10.1 Å². The van der Waals surface area contributed by atoms with Crippen molar-refractivity contribution < 1.29 is 19.1 Å². The van der Waals surface area contributed by atoms with E-state index in [9.17, 15) is 9.59 Å². The van der Waals surface area contributed by atoms with Crippen LogP contribution in [0.3, 0.4) is 0 Å². The second-order valence-electron chi connectivity index (χ2n) is 4.55. The van der Waals surface area contributed by atoms with Gasteiger partial charge < -0.3 is 14.8 Å². The Morgan fingerprint density at radius 3 is 2.65 bits per heavy atom. The molecule has 0 saturated heterocycles. The highest BCUT2D eigenvalue weighted by Gasteiger charge is 2.08. The van der Waals surface area contributed by atoms with Crippen molar-refractivity contribution in [1.82, 2.24) is 10.3 Å². The molecule has 0 aliphatic rings. The zero-order valence-electron chi connectivity index (χ0n) is 12.4. The summed E-state index contributed by atoms with van der Waals surface area (Å²) in [5, 5.41) is 3.26. The highest BCUT2D eigenvalue weighted by molar-refractivity contribution is 6.30. The number of nitrogens with zero attached hydrogens (tertiary/aromatic N) is 1. The molecular formula is C16H15ClN2O4. The summed E-state index contributed by atoms with van der Waals surface area (Å²) in [6.07, 6.45) is 1.48. The number of halogens is 1. The lowest BCUT2D eigenvalue weighted by Gasteiger charge is -2.08. The lowest BCUT2D eigenvalue weighted by atomic mass is 10.2. The molecule has 1 N–H and O–H groups in total. The Bertz CT molecular complexity index is 689. The van der Waals surface area contributed by atoms with E-state index in [2.05, 4.69) is 15.0 Å². The Balaban J connectivity index is 1.82. The first kappa shape index (κ1) is 16.8. The topological polar surface area (TPSA) is 77.5 Å². The number of nitrogens with one attached hydrogen (secondary N) is 1. The van der Waals surface area contributed by atoms with E-state index in [1.165, 1.54) is 13.3 Å². The highest BCUT2D eigenvalue weighted by Crippen LogP contribution is 2.15. The molecule has 0 aliphatic carbocycles. The van der Waals surface area contributed by atoms with Gasteiger partial charge in [-0.05, 0) is 36.4 Å². The molecule has 6 nitrogen and oxygen atoms in total. The summed E-state index contributed by atoms with van der Waals surface area (Å²) in [6.45, 7) is 0.0615. The molecule has 1 aromatic heterocycles. The van der Waals surface area contributed by atoms with Gasteiger partial charge in [0.25, 0.3) is 5.91 Å². The predicted molar refractivity (Wildman–Crippen MR) is 84.4 cm³/mol. The van der Waals surface area contributed by atoms with Gasteiger partial charge in [-0.1, -0.05) is 11.6 Å². The molecule has 2 rings (SSSR count). The van der Waals surface area contributed by atoms with Crippen LogP contribution in [0.1, 0.15) is 16.1 Å². The molecule has 7 heteroatoms. The van der Waals surface area contributed by atoms with Crippen LogP contribution >= 0.6 is 11.6 Å². The molecule has 2 aromatic rings. The molecule has 23 heavy (non-hydrogen) atoms. The van der Waals surface area contributed by atoms with Crippen molar-refractivity contribution in [2.75, 3.05) is 13.7 Å². The summed E-state index contributed by atoms with van der Waals surface area (Å²) in [5.74, 6) is -0.202. The summed E-state index contributed by atoms with van der Waals surface area (Å²) >= 11 is 5.76. The first-order valence-corrected chi connectivity index (χ1v) is 7.14. The average molecular weight is 335 g/mol. The van der Waals surface area contributed by atoms with Crippen molar-refractivity contribution in [2.24, 2.45) is 0 Å². The minimum absolute atomic E-state index is 0.127. The number of esters is 1. The van der Waals surface area contributed by atoms with E-state index in [0.717, 1.165) is 0 Å². The van der Waals surface area contributed by atoms with Crippen LogP contribution in [-0.4, -0.2) is 30.6 Å². The third-order valence-electron chi connectivity index (χ3n) is 2.89. The number of ether oxygens (including phenoxy) is 2. The number of amides is 1. The zero-order chi connectivity index (χ0) is 16.7. The van der Waals surface area contributed by atoms with Crippen LogP contribution in [0.5, 0.6) is 5.75 Å². The second kappa shape index (κ2) is 8.14. The molecule has 1 heterocycles. The first-order valence-electron chi connectivity index (χ1n) is 6.77. The molecule has 1 amide bonds. The van der Waals surface area contributed by atoms with Gasteiger partial charge in [-0.3, -0.25) is 9.78 Å². The molecule has 120 valence electrons. The van der Waals surface area contributed by atoms with Gasteiger partial charge >= 0.3 is 5.97 Å². The fourth-order valence-corrected chi connectivity index (χ4v) is 1.87. The lowest BCUT2D eigenvalue weighted by Crippen LogP contribution is -2.28. The quantitative estimate of drug-likeness (QED) is 0.820. The summed E-state index contributed by atoms with van der Waals surface area (Å²) in [7, 11) is 1.30. The van der Waals surface area contributed by atoms with Gasteiger partial charge in [0, 0.05) is 11.2 Å². The van der Waals surface area contributed by atoms with E-state index in [0.29, 0.717) is 22.0 Å². The third-order valence-corrected chi connectivity index (χ3v) is 3.14. The normalized spacial score (nSPS) is 10.0. The Hall–Kier alpha value is -2.60. The summed E-state index contributed by atoms with van der Waals surface area (Å²) in [5.41, 5.74) is 0.928. The molecule has 0 atom stereocenters. The molecule has 0 spiro atoms. The summed E-state index contributed by atoms with van der Waals surface area (Å²) < 4.78 is 9.95. The SMILES string of the molecule is COC(=O)c1ccnc(CNC(=O)COc2ccc(Cl)cc2)c1. The van der Waals surface area contributed by atoms with Gasteiger partial charge in [-0.2, -0.15) is 0 Å². The number of carbonyl (C=O) groups excluding carboxylic acids is 2. The van der Waals surface area contributed by atoms with Crippen molar-refractivity contribution in [1.29, 1.82) is 0 Å². The zero-order valence-corrected chi connectivity index (χ0v) is 13.2. The van der Waals surface area contributed by atoms with Crippen LogP contribution in [0.25, 0.3) is 0 Å². The lowest BCUT2D eigenvalue weighted by molar-refractivity contribution is -0.123. The monoisotopic (exact) mass is 334 g/mol. The van der Waals surface area contributed by atoms with E-state index in [1.54, 1.807) is 36.4 Å². The van der Waals surface area contributed by atoms with E-state index >= 15 is 0 Å². The van der Waals surface area contributed by atoms with Crippen LogP contribution in [0.2, 0.25) is 5.02 Å². The van der Waals surface area contributed by atoms with Gasteiger partial charge in [0.2, 0.25) is 0 Å². The fourth-order valence-electron chi connectivity index (χ4n) is 1.74. The molecule has 0 unspecified atom stereocenters. The van der Waals surface area contributed by atoms with Gasteiger partial charge in [0.05, 0.1) is 24.9 Å². The second-order valence-corrected chi connectivity index (χ2v) is 4.98. The number of carbonyl (C=O) groups is 2.